The fraction of sp³-hybridized carbons (Fsp3) is 0.375. The monoisotopic (exact) mass is 303 g/mol. The van der Waals surface area contributed by atoms with Crippen LogP contribution in [0, 0.1) is 6.92 Å². The van der Waals surface area contributed by atoms with Gasteiger partial charge in [0.1, 0.15) is 5.82 Å². The average molecular weight is 304 g/mol. The molecule has 3 rings (SSSR count). The van der Waals surface area contributed by atoms with Crippen LogP contribution in [0.1, 0.15) is 16.8 Å². The quantitative estimate of drug-likeness (QED) is 0.886. The largest absolute Gasteiger partial charge is 0.306 e. The summed E-state index contributed by atoms with van der Waals surface area (Å²) in [5.41, 5.74) is 3.81. The van der Waals surface area contributed by atoms with E-state index in [1.165, 1.54) is 5.56 Å². The maximum absolute atomic E-state index is 12.2. The summed E-state index contributed by atoms with van der Waals surface area (Å²) < 4.78 is 0. The standard InChI is InChI=1S/C16H18ClN3O/c1-11-2-4-12(5-3-11)15-18-14-10-20(9-7-17)8-6-13(14)16(21)19-15/h2-5H,6-10H2,1H3,(H,18,19,21). The molecule has 2 heterocycles. The van der Waals surface area contributed by atoms with Gasteiger partial charge in [-0.2, -0.15) is 0 Å². The van der Waals surface area contributed by atoms with Crippen LogP contribution in [-0.2, 0) is 13.0 Å². The SMILES string of the molecule is Cc1ccc(-c2nc3c(c(=O)[nH]2)CCN(CCCl)C3)cc1. The molecule has 0 saturated heterocycles. The Morgan fingerprint density at radius 3 is 2.81 bits per heavy atom. The molecule has 0 saturated carbocycles. The van der Waals surface area contributed by atoms with Gasteiger partial charge in [-0.05, 0) is 13.3 Å². The van der Waals surface area contributed by atoms with E-state index in [-0.39, 0.29) is 5.56 Å². The summed E-state index contributed by atoms with van der Waals surface area (Å²) in [4.78, 5) is 22.1. The number of hydrogen-bond acceptors (Lipinski definition) is 3. The van der Waals surface area contributed by atoms with E-state index in [9.17, 15) is 4.79 Å². The summed E-state index contributed by atoms with van der Waals surface area (Å²) in [7, 11) is 0. The number of rotatable bonds is 3. The molecule has 1 N–H and O–H groups in total. The molecular weight excluding hydrogens is 286 g/mol. The number of benzene rings is 1. The van der Waals surface area contributed by atoms with Gasteiger partial charge in [0.2, 0.25) is 0 Å². The number of fused-ring (bicyclic) bond motifs is 1. The van der Waals surface area contributed by atoms with Crippen LogP contribution in [0.3, 0.4) is 0 Å². The zero-order valence-corrected chi connectivity index (χ0v) is 12.8. The maximum atomic E-state index is 12.2. The lowest BCUT2D eigenvalue weighted by Gasteiger charge is -2.26. The van der Waals surface area contributed by atoms with Gasteiger partial charge in [0.15, 0.2) is 0 Å². The molecule has 0 aliphatic carbocycles. The van der Waals surface area contributed by atoms with Crippen molar-refractivity contribution in [1.29, 1.82) is 0 Å². The van der Waals surface area contributed by atoms with E-state index >= 15 is 0 Å². The molecule has 1 aliphatic rings. The molecule has 0 fully saturated rings. The summed E-state index contributed by atoms with van der Waals surface area (Å²) in [6.07, 6.45) is 0.739. The summed E-state index contributed by atoms with van der Waals surface area (Å²) >= 11 is 5.81. The third kappa shape index (κ3) is 3.01. The van der Waals surface area contributed by atoms with E-state index in [4.69, 9.17) is 11.6 Å². The van der Waals surface area contributed by atoms with Crippen molar-refractivity contribution in [3.8, 4) is 11.4 Å². The van der Waals surface area contributed by atoms with Gasteiger partial charge in [-0.25, -0.2) is 4.98 Å². The van der Waals surface area contributed by atoms with E-state index in [0.717, 1.165) is 36.3 Å². The summed E-state index contributed by atoms with van der Waals surface area (Å²) in [6.45, 7) is 4.44. The smallest absolute Gasteiger partial charge is 0.254 e. The molecule has 1 aromatic carbocycles. The number of aromatic nitrogens is 2. The zero-order chi connectivity index (χ0) is 14.8. The third-order valence-electron chi connectivity index (χ3n) is 3.88. The van der Waals surface area contributed by atoms with E-state index in [0.29, 0.717) is 18.2 Å². The Bertz CT molecular complexity index is 694. The lowest BCUT2D eigenvalue weighted by molar-refractivity contribution is 0.264. The predicted molar refractivity (Wildman–Crippen MR) is 84.7 cm³/mol. The van der Waals surface area contributed by atoms with Crippen molar-refractivity contribution < 1.29 is 0 Å². The van der Waals surface area contributed by atoms with Crippen LogP contribution in [0.4, 0.5) is 0 Å². The molecule has 0 spiro atoms. The molecule has 0 bridgehead atoms. The van der Waals surface area contributed by atoms with Crippen molar-refractivity contribution in [3.05, 3.63) is 51.4 Å². The molecule has 0 radical (unpaired) electrons. The van der Waals surface area contributed by atoms with Crippen molar-refractivity contribution in [3.63, 3.8) is 0 Å². The first kappa shape index (κ1) is 14.3. The third-order valence-corrected chi connectivity index (χ3v) is 4.05. The molecule has 0 unspecified atom stereocenters. The van der Waals surface area contributed by atoms with Gasteiger partial charge in [-0.15, -0.1) is 11.6 Å². The van der Waals surface area contributed by atoms with Gasteiger partial charge in [0.25, 0.3) is 5.56 Å². The van der Waals surface area contributed by atoms with Gasteiger partial charge in [-0.3, -0.25) is 9.69 Å². The first-order valence-corrected chi connectivity index (χ1v) is 7.68. The predicted octanol–water partition coefficient (Wildman–Crippen LogP) is 2.34. The highest BCUT2D eigenvalue weighted by Gasteiger charge is 2.20. The van der Waals surface area contributed by atoms with E-state index < -0.39 is 0 Å². The fourth-order valence-electron chi connectivity index (χ4n) is 2.65. The van der Waals surface area contributed by atoms with E-state index in [2.05, 4.69) is 14.9 Å². The zero-order valence-electron chi connectivity index (χ0n) is 12.0. The normalized spacial score (nSPS) is 15.0. The van der Waals surface area contributed by atoms with Crippen molar-refractivity contribution in [2.45, 2.75) is 19.9 Å². The van der Waals surface area contributed by atoms with Crippen LogP contribution in [0.15, 0.2) is 29.1 Å². The molecule has 1 aromatic heterocycles. The first-order chi connectivity index (χ1) is 10.2. The topological polar surface area (TPSA) is 49.0 Å². The van der Waals surface area contributed by atoms with Gasteiger partial charge in [-0.1, -0.05) is 29.8 Å². The van der Waals surface area contributed by atoms with Crippen LogP contribution >= 0.6 is 11.6 Å². The number of halogens is 1. The number of nitrogens with one attached hydrogen (secondary N) is 1. The van der Waals surface area contributed by atoms with Crippen LogP contribution in [-0.4, -0.2) is 33.8 Å². The lowest BCUT2D eigenvalue weighted by atomic mass is 10.1. The second-order valence-corrected chi connectivity index (χ2v) is 5.80. The van der Waals surface area contributed by atoms with Gasteiger partial charge >= 0.3 is 0 Å². The number of alkyl halides is 1. The number of hydrogen-bond donors (Lipinski definition) is 1. The average Bonchev–Trinajstić information content (AvgIpc) is 2.48. The highest BCUT2D eigenvalue weighted by Crippen LogP contribution is 2.19. The van der Waals surface area contributed by atoms with E-state index in [1.807, 2.05) is 31.2 Å². The second kappa shape index (κ2) is 6.00. The first-order valence-electron chi connectivity index (χ1n) is 7.15. The molecule has 0 atom stereocenters. The molecule has 0 amide bonds. The van der Waals surface area contributed by atoms with Crippen LogP contribution in [0.2, 0.25) is 0 Å². The number of nitrogens with zero attached hydrogens (tertiary/aromatic N) is 2. The Balaban J connectivity index is 1.98. The lowest BCUT2D eigenvalue weighted by Crippen LogP contribution is -2.36. The maximum Gasteiger partial charge on any atom is 0.254 e. The molecule has 1 aliphatic heterocycles. The number of aryl methyl sites for hydroxylation is 1. The Kier molecular flexibility index (Phi) is 4.08. The Morgan fingerprint density at radius 1 is 1.33 bits per heavy atom. The highest BCUT2D eigenvalue weighted by atomic mass is 35.5. The Labute approximate surface area is 128 Å². The molecule has 4 nitrogen and oxygen atoms in total. The van der Waals surface area contributed by atoms with Gasteiger partial charge < -0.3 is 4.98 Å². The number of aromatic amines is 1. The molecule has 21 heavy (non-hydrogen) atoms. The minimum atomic E-state index is -0.0129. The summed E-state index contributed by atoms with van der Waals surface area (Å²) in [5.74, 6) is 1.25. The summed E-state index contributed by atoms with van der Waals surface area (Å²) in [5, 5.41) is 0. The van der Waals surface area contributed by atoms with Crippen molar-refractivity contribution >= 4 is 11.6 Å². The Morgan fingerprint density at radius 2 is 2.10 bits per heavy atom. The molecular formula is C16H18ClN3O. The van der Waals surface area contributed by atoms with Crippen LogP contribution < -0.4 is 5.56 Å². The summed E-state index contributed by atoms with van der Waals surface area (Å²) in [6, 6.07) is 8.02. The molecule has 2 aromatic rings. The highest BCUT2D eigenvalue weighted by molar-refractivity contribution is 6.18. The van der Waals surface area contributed by atoms with Crippen molar-refractivity contribution in [1.82, 2.24) is 14.9 Å². The molecule has 110 valence electrons. The fourth-order valence-corrected chi connectivity index (χ4v) is 2.89. The minimum absolute atomic E-state index is 0.0129. The number of H-pyrrole nitrogens is 1. The second-order valence-electron chi connectivity index (χ2n) is 5.42. The van der Waals surface area contributed by atoms with Gasteiger partial charge in [0.05, 0.1) is 5.69 Å². The van der Waals surface area contributed by atoms with Crippen molar-refractivity contribution in [2.24, 2.45) is 0 Å². The van der Waals surface area contributed by atoms with Crippen molar-refractivity contribution in [2.75, 3.05) is 19.0 Å². The Hall–Kier alpha value is -1.65. The van der Waals surface area contributed by atoms with Crippen LogP contribution in [0.5, 0.6) is 0 Å². The minimum Gasteiger partial charge on any atom is -0.306 e. The van der Waals surface area contributed by atoms with Crippen LogP contribution in [0.25, 0.3) is 11.4 Å². The molecule has 5 heteroatoms. The van der Waals surface area contributed by atoms with Gasteiger partial charge in [0, 0.05) is 36.6 Å². The van der Waals surface area contributed by atoms with E-state index in [1.54, 1.807) is 0 Å².